The number of hydrogen-bond donors (Lipinski definition) is 1. The van der Waals surface area contributed by atoms with Gasteiger partial charge in [0.1, 0.15) is 0 Å². The highest BCUT2D eigenvalue weighted by molar-refractivity contribution is 9.10. The quantitative estimate of drug-likeness (QED) is 0.912. The van der Waals surface area contributed by atoms with E-state index in [1.807, 2.05) is 26.0 Å². The molecule has 1 fully saturated rings. The van der Waals surface area contributed by atoms with E-state index in [1.165, 1.54) is 0 Å². The summed E-state index contributed by atoms with van der Waals surface area (Å²) in [5.41, 5.74) is 1.61. The zero-order valence-electron chi connectivity index (χ0n) is 11.2. The molecule has 1 aromatic carbocycles. The Hall–Kier alpha value is -0.590. The van der Waals surface area contributed by atoms with Crippen LogP contribution in [0.4, 0.5) is 5.69 Å². The summed E-state index contributed by atoms with van der Waals surface area (Å²) in [5, 5.41) is 0. The van der Waals surface area contributed by atoms with Gasteiger partial charge in [-0.25, -0.2) is 0 Å². The van der Waals surface area contributed by atoms with Crippen molar-refractivity contribution in [1.29, 1.82) is 0 Å². The number of nitrogens with one attached hydrogen (secondary N) is 1. The van der Waals surface area contributed by atoms with E-state index >= 15 is 0 Å². The van der Waals surface area contributed by atoms with Crippen LogP contribution < -0.4 is 4.72 Å². The van der Waals surface area contributed by atoms with E-state index in [-0.39, 0.29) is 6.04 Å². The van der Waals surface area contributed by atoms with Crippen LogP contribution in [0.5, 0.6) is 0 Å². The molecule has 1 aliphatic heterocycles. The monoisotopic (exact) mass is 346 g/mol. The maximum Gasteiger partial charge on any atom is 0.301 e. The van der Waals surface area contributed by atoms with E-state index in [2.05, 4.69) is 20.7 Å². The summed E-state index contributed by atoms with van der Waals surface area (Å²) in [6.07, 6.45) is 2.96. The van der Waals surface area contributed by atoms with Crippen molar-refractivity contribution >= 4 is 31.8 Å². The van der Waals surface area contributed by atoms with Crippen molar-refractivity contribution in [2.45, 2.75) is 39.2 Å². The van der Waals surface area contributed by atoms with Crippen LogP contribution >= 0.6 is 15.9 Å². The standard InChI is InChI=1S/C13H19BrN2O2S/c1-10-7-12(14)9-13(8-10)15-19(17,18)16-6-4-3-5-11(16)2/h7-9,11,15H,3-6H2,1-2H3. The molecular weight excluding hydrogens is 328 g/mol. The van der Waals surface area contributed by atoms with Gasteiger partial charge in [0, 0.05) is 17.1 Å². The van der Waals surface area contributed by atoms with Gasteiger partial charge in [-0.1, -0.05) is 22.4 Å². The number of benzene rings is 1. The largest absolute Gasteiger partial charge is 0.301 e. The van der Waals surface area contributed by atoms with E-state index in [9.17, 15) is 8.42 Å². The third-order valence-corrected chi connectivity index (χ3v) is 5.45. The number of nitrogens with zero attached hydrogens (tertiary/aromatic N) is 1. The smallest absolute Gasteiger partial charge is 0.271 e. The maximum atomic E-state index is 12.4. The first-order chi connectivity index (χ1) is 8.88. The van der Waals surface area contributed by atoms with Crippen LogP contribution in [0, 0.1) is 6.92 Å². The Morgan fingerprint density at radius 2 is 2.05 bits per heavy atom. The van der Waals surface area contributed by atoms with Crippen molar-refractivity contribution in [1.82, 2.24) is 4.31 Å². The molecule has 1 unspecified atom stereocenters. The second kappa shape index (κ2) is 5.81. The Morgan fingerprint density at radius 1 is 1.32 bits per heavy atom. The van der Waals surface area contributed by atoms with Crippen LogP contribution in [0.1, 0.15) is 31.7 Å². The van der Waals surface area contributed by atoms with E-state index in [4.69, 9.17) is 0 Å². The lowest BCUT2D eigenvalue weighted by Gasteiger charge is -2.32. The SMILES string of the molecule is Cc1cc(Br)cc(NS(=O)(=O)N2CCCCC2C)c1. The molecule has 0 amide bonds. The topological polar surface area (TPSA) is 49.4 Å². The minimum absolute atomic E-state index is 0.0690. The molecular formula is C13H19BrN2O2S. The molecule has 2 rings (SSSR count). The lowest BCUT2D eigenvalue weighted by molar-refractivity contribution is 0.270. The number of halogens is 1. The molecule has 0 radical (unpaired) electrons. The molecule has 1 N–H and O–H groups in total. The average molecular weight is 347 g/mol. The van der Waals surface area contributed by atoms with Gasteiger partial charge in [-0.3, -0.25) is 4.72 Å². The summed E-state index contributed by atoms with van der Waals surface area (Å²) in [6.45, 7) is 4.50. The van der Waals surface area contributed by atoms with Crippen molar-refractivity contribution in [3.63, 3.8) is 0 Å². The minimum Gasteiger partial charge on any atom is -0.271 e. The Labute approximate surface area is 123 Å². The van der Waals surface area contributed by atoms with E-state index < -0.39 is 10.2 Å². The summed E-state index contributed by atoms with van der Waals surface area (Å²) in [4.78, 5) is 0. The first-order valence-corrected chi connectivity index (χ1v) is 8.68. The van der Waals surface area contributed by atoms with Crippen molar-refractivity contribution in [2.75, 3.05) is 11.3 Å². The summed E-state index contributed by atoms with van der Waals surface area (Å²) in [6, 6.07) is 5.62. The Morgan fingerprint density at radius 3 is 2.68 bits per heavy atom. The molecule has 1 aromatic rings. The number of piperidine rings is 1. The molecule has 6 heteroatoms. The molecule has 1 aliphatic rings. The molecule has 0 aromatic heterocycles. The zero-order chi connectivity index (χ0) is 14.0. The predicted molar refractivity (Wildman–Crippen MR) is 81.4 cm³/mol. The highest BCUT2D eigenvalue weighted by Crippen LogP contribution is 2.24. The predicted octanol–water partition coefficient (Wildman–Crippen LogP) is 3.29. The van der Waals surface area contributed by atoms with Gasteiger partial charge in [0.05, 0.1) is 5.69 Å². The first-order valence-electron chi connectivity index (χ1n) is 6.45. The van der Waals surface area contributed by atoms with Crippen LogP contribution in [-0.4, -0.2) is 25.3 Å². The normalized spacial score (nSPS) is 21.3. The van der Waals surface area contributed by atoms with Gasteiger partial charge in [0.15, 0.2) is 0 Å². The number of rotatable bonds is 3. The van der Waals surface area contributed by atoms with Crippen LogP contribution in [-0.2, 0) is 10.2 Å². The molecule has 0 saturated carbocycles. The van der Waals surface area contributed by atoms with Gasteiger partial charge in [-0.15, -0.1) is 0 Å². The summed E-state index contributed by atoms with van der Waals surface area (Å²) in [7, 11) is -3.46. The molecule has 0 spiro atoms. The van der Waals surface area contributed by atoms with Crippen LogP contribution in [0.2, 0.25) is 0 Å². The lowest BCUT2D eigenvalue weighted by Crippen LogP contribution is -2.44. The Balaban J connectivity index is 2.20. The van der Waals surface area contributed by atoms with Crippen LogP contribution in [0.3, 0.4) is 0 Å². The van der Waals surface area contributed by atoms with E-state index in [0.29, 0.717) is 12.2 Å². The number of aryl methyl sites for hydroxylation is 1. The second-order valence-corrected chi connectivity index (χ2v) is 7.62. The molecule has 19 heavy (non-hydrogen) atoms. The Kier molecular flexibility index (Phi) is 4.53. The number of hydrogen-bond acceptors (Lipinski definition) is 2. The second-order valence-electron chi connectivity index (χ2n) is 5.08. The van der Waals surface area contributed by atoms with Gasteiger partial charge >= 0.3 is 10.2 Å². The van der Waals surface area contributed by atoms with Gasteiger partial charge in [-0.05, 0) is 50.5 Å². The fourth-order valence-electron chi connectivity index (χ4n) is 2.43. The van der Waals surface area contributed by atoms with Crippen LogP contribution in [0.15, 0.2) is 22.7 Å². The van der Waals surface area contributed by atoms with Crippen molar-refractivity contribution in [3.05, 3.63) is 28.2 Å². The third kappa shape index (κ3) is 3.70. The number of anilines is 1. The minimum atomic E-state index is -3.46. The van der Waals surface area contributed by atoms with Crippen molar-refractivity contribution in [3.8, 4) is 0 Å². The maximum absolute atomic E-state index is 12.4. The fraction of sp³-hybridized carbons (Fsp3) is 0.538. The van der Waals surface area contributed by atoms with Gasteiger partial charge in [0.2, 0.25) is 0 Å². The molecule has 0 aliphatic carbocycles. The average Bonchev–Trinajstić information content (AvgIpc) is 2.26. The molecule has 1 atom stereocenters. The first kappa shape index (κ1) is 14.8. The summed E-state index contributed by atoms with van der Waals surface area (Å²) in [5.74, 6) is 0. The van der Waals surface area contributed by atoms with Crippen LogP contribution in [0.25, 0.3) is 0 Å². The van der Waals surface area contributed by atoms with Crippen molar-refractivity contribution in [2.24, 2.45) is 0 Å². The summed E-state index contributed by atoms with van der Waals surface area (Å²) < 4.78 is 29.9. The Bertz CT molecular complexity index is 540. The molecule has 106 valence electrons. The molecule has 1 saturated heterocycles. The fourth-order valence-corrected chi connectivity index (χ4v) is 4.52. The van der Waals surface area contributed by atoms with E-state index in [1.54, 1.807) is 10.4 Å². The van der Waals surface area contributed by atoms with Crippen molar-refractivity contribution < 1.29 is 8.42 Å². The van der Waals surface area contributed by atoms with Gasteiger partial charge in [0.25, 0.3) is 0 Å². The zero-order valence-corrected chi connectivity index (χ0v) is 13.6. The highest BCUT2D eigenvalue weighted by Gasteiger charge is 2.29. The highest BCUT2D eigenvalue weighted by atomic mass is 79.9. The third-order valence-electron chi connectivity index (χ3n) is 3.34. The van der Waals surface area contributed by atoms with Gasteiger partial charge < -0.3 is 0 Å². The van der Waals surface area contributed by atoms with Gasteiger partial charge in [-0.2, -0.15) is 12.7 Å². The summed E-state index contributed by atoms with van der Waals surface area (Å²) >= 11 is 3.38. The molecule has 0 bridgehead atoms. The molecule has 4 nitrogen and oxygen atoms in total. The lowest BCUT2D eigenvalue weighted by atomic mass is 10.1. The van der Waals surface area contributed by atoms with E-state index in [0.717, 1.165) is 29.3 Å². The molecule has 1 heterocycles.